The molecule has 0 aliphatic rings. The molecule has 0 saturated heterocycles. The molecule has 0 aliphatic heterocycles. The van der Waals surface area contributed by atoms with Gasteiger partial charge < -0.3 is 16.2 Å². The fourth-order valence-electron chi connectivity index (χ4n) is 2.42. The van der Waals surface area contributed by atoms with Crippen LogP contribution in [-0.4, -0.2) is 27.5 Å². The van der Waals surface area contributed by atoms with E-state index in [4.69, 9.17) is 17.3 Å². The SMILES string of the molecule is CC(O)(CN=O)c1cccc(Nc2sc(-c3ccc(Cl)cc3)nc2C(N)=O)n1. The Morgan fingerprint density at radius 2 is 2.00 bits per heavy atom. The molecule has 4 N–H and O–H groups in total. The zero-order valence-corrected chi connectivity index (χ0v) is 16.3. The number of benzene rings is 1. The minimum Gasteiger partial charge on any atom is -0.382 e. The van der Waals surface area contributed by atoms with Gasteiger partial charge in [0, 0.05) is 10.6 Å². The van der Waals surface area contributed by atoms with Crippen LogP contribution in [-0.2, 0) is 5.60 Å². The van der Waals surface area contributed by atoms with Gasteiger partial charge in [-0.05, 0) is 31.2 Å². The lowest BCUT2D eigenvalue weighted by molar-refractivity contribution is 0.0626. The van der Waals surface area contributed by atoms with Crippen molar-refractivity contribution in [2.75, 3.05) is 11.9 Å². The van der Waals surface area contributed by atoms with E-state index in [2.05, 4.69) is 20.5 Å². The number of rotatable bonds is 7. The highest BCUT2D eigenvalue weighted by molar-refractivity contribution is 7.19. The van der Waals surface area contributed by atoms with Crippen molar-refractivity contribution in [2.24, 2.45) is 10.9 Å². The molecule has 0 radical (unpaired) electrons. The normalized spacial score (nSPS) is 13.0. The summed E-state index contributed by atoms with van der Waals surface area (Å²) in [5, 5.41) is 17.6. The summed E-state index contributed by atoms with van der Waals surface area (Å²) in [5.41, 5.74) is 5.07. The van der Waals surface area contributed by atoms with E-state index in [-0.39, 0.29) is 17.9 Å². The minimum atomic E-state index is -1.51. The lowest BCUT2D eigenvalue weighted by Gasteiger charge is -2.19. The molecule has 8 nitrogen and oxygen atoms in total. The zero-order valence-electron chi connectivity index (χ0n) is 14.7. The van der Waals surface area contributed by atoms with Gasteiger partial charge >= 0.3 is 0 Å². The van der Waals surface area contributed by atoms with E-state index >= 15 is 0 Å². The van der Waals surface area contributed by atoms with Crippen molar-refractivity contribution in [1.82, 2.24) is 9.97 Å². The largest absolute Gasteiger partial charge is 0.382 e. The Bertz CT molecular complexity index is 1020. The molecule has 0 spiro atoms. The topological polar surface area (TPSA) is 131 Å². The molecule has 0 saturated carbocycles. The fraction of sp³-hybridized carbons (Fsp3) is 0.167. The number of primary amides is 1. The summed E-state index contributed by atoms with van der Waals surface area (Å²) < 4.78 is 0. The van der Waals surface area contributed by atoms with E-state index in [9.17, 15) is 14.8 Å². The van der Waals surface area contributed by atoms with Gasteiger partial charge in [0.2, 0.25) is 0 Å². The second-order valence-electron chi connectivity index (χ2n) is 6.16. The third-order valence-electron chi connectivity index (χ3n) is 3.87. The Hall–Kier alpha value is -2.88. The first-order chi connectivity index (χ1) is 13.3. The number of pyridine rings is 1. The molecule has 0 fully saturated rings. The third kappa shape index (κ3) is 4.33. The Balaban J connectivity index is 1.95. The lowest BCUT2D eigenvalue weighted by Crippen LogP contribution is -2.26. The number of amides is 1. The second-order valence-corrected chi connectivity index (χ2v) is 7.60. The summed E-state index contributed by atoms with van der Waals surface area (Å²) in [7, 11) is 0. The average molecular weight is 418 g/mol. The van der Waals surface area contributed by atoms with Crippen LogP contribution in [0.1, 0.15) is 23.1 Å². The van der Waals surface area contributed by atoms with Gasteiger partial charge in [-0.1, -0.05) is 46.3 Å². The number of thiazole rings is 1. The number of hydrogen-bond donors (Lipinski definition) is 3. The summed E-state index contributed by atoms with van der Waals surface area (Å²) in [4.78, 5) is 31.0. The van der Waals surface area contributed by atoms with Crippen LogP contribution < -0.4 is 11.1 Å². The number of hydrogen-bond acceptors (Lipinski definition) is 8. The maximum absolute atomic E-state index is 11.8. The van der Waals surface area contributed by atoms with Crippen LogP contribution in [0.3, 0.4) is 0 Å². The van der Waals surface area contributed by atoms with Gasteiger partial charge in [0.25, 0.3) is 5.91 Å². The lowest BCUT2D eigenvalue weighted by atomic mass is 10.0. The summed E-state index contributed by atoms with van der Waals surface area (Å²) in [6, 6.07) is 11.9. The predicted octanol–water partition coefficient (Wildman–Crippen LogP) is 3.67. The monoisotopic (exact) mass is 417 g/mol. The van der Waals surface area contributed by atoms with Crippen LogP contribution in [0.5, 0.6) is 0 Å². The Morgan fingerprint density at radius 1 is 1.29 bits per heavy atom. The number of aliphatic hydroxyl groups is 1. The van der Waals surface area contributed by atoms with E-state index in [1.54, 1.807) is 42.5 Å². The first-order valence-electron chi connectivity index (χ1n) is 8.13. The minimum absolute atomic E-state index is 0.0727. The number of anilines is 2. The van der Waals surface area contributed by atoms with Crippen molar-refractivity contribution in [3.63, 3.8) is 0 Å². The van der Waals surface area contributed by atoms with Gasteiger partial charge in [-0.15, -0.1) is 0 Å². The van der Waals surface area contributed by atoms with Crippen molar-refractivity contribution in [3.05, 3.63) is 63.8 Å². The molecule has 10 heteroatoms. The number of halogens is 1. The predicted molar refractivity (Wildman–Crippen MR) is 109 cm³/mol. The van der Waals surface area contributed by atoms with Crippen molar-refractivity contribution >= 4 is 39.7 Å². The maximum Gasteiger partial charge on any atom is 0.270 e. The number of carbonyl (C=O) groups excluding carboxylic acids is 1. The molecule has 3 aromatic rings. The maximum atomic E-state index is 11.8. The first kappa shape index (κ1) is 19.9. The van der Waals surface area contributed by atoms with Crippen LogP contribution in [0, 0.1) is 4.91 Å². The van der Waals surface area contributed by atoms with Crippen LogP contribution >= 0.6 is 22.9 Å². The summed E-state index contributed by atoms with van der Waals surface area (Å²) in [5.74, 6) is -0.329. The fourth-order valence-corrected chi connectivity index (χ4v) is 3.52. The summed E-state index contributed by atoms with van der Waals surface area (Å²) >= 11 is 7.14. The van der Waals surface area contributed by atoms with E-state index in [0.29, 0.717) is 20.8 Å². The highest BCUT2D eigenvalue weighted by atomic mass is 35.5. The quantitative estimate of drug-likeness (QED) is 0.502. The molecule has 2 heterocycles. The van der Waals surface area contributed by atoms with Gasteiger partial charge in [-0.25, -0.2) is 9.97 Å². The van der Waals surface area contributed by atoms with Crippen molar-refractivity contribution < 1.29 is 9.90 Å². The van der Waals surface area contributed by atoms with E-state index in [0.717, 1.165) is 5.56 Å². The van der Waals surface area contributed by atoms with E-state index in [1.165, 1.54) is 18.3 Å². The average Bonchev–Trinajstić information content (AvgIpc) is 3.06. The van der Waals surface area contributed by atoms with Gasteiger partial charge in [0.1, 0.15) is 28.0 Å². The van der Waals surface area contributed by atoms with Crippen molar-refractivity contribution in [2.45, 2.75) is 12.5 Å². The molecule has 2 aromatic heterocycles. The molecule has 1 amide bonds. The Morgan fingerprint density at radius 3 is 2.64 bits per heavy atom. The molecular formula is C18H16ClN5O3S. The van der Waals surface area contributed by atoms with Crippen LogP contribution in [0.4, 0.5) is 10.8 Å². The number of aromatic nitrogens is 2. The molecule has 28 heavy (non-hydrogen) atoms. The highest BCUT2D eigenvalue weighted by Gasteiger charge is 2.26. The molecule has 144 valence electrons. The number of nitroso groups, excluding NO2 is 1. The van der Waals surface area contributed by atoms with E-state index < -0.39 is 11.5 Å². The van der Waals surface area contributed by atoms with Crippen LogP contribution in [0.25, 0.3) is 10.6 Å². The third-order valence-corrected chi connectivity index (χ3v) is 5.14. The first-order valence-corrected chi connectivity index (χ1v) is 9.32. The zero-order chi connectivity index (χ0) is 20.3. The molecular weight excluding hydrogens is 402 g/mol. The molecule has 0 aliphatic carbocycles. The second kappa shape index (κ2) is 8.01. The highest BCUT2D eigenvalue weighted by Crippen LogP contribution is 2.34. The van der Waals surface area contributed by atoms with Crippen LogP contribution in [0.2, 0.25) is 5.02 Å². The number of nitrogens with one attached hydrogen (secondary N) is 1. The van der Waals surface area contributed by atoms with Crippen molar-refractivity contribution in [3.8, 4) is 10.6 Å². The number of nitrogens with zero attached hydrogens (tertiary/aromatic N) is 3. The number of nitrogens with two attached hydrogens (primary N) is 1. The van der Waals surface area contributed by atoms with Gasteiger partial charge in [0.05, 0.1) is 5.69 Å². The molecule has 1 aromatic carbocycles. The van der Waals surface area contributed by atoms with Gasteiger partial charge in [-0.2, -0.15) is 4.91 Å². The smallest absolute Gasteiger partial charge is 0.270 e. The molecule has 0 bridgehead atoms. The van der Waals surface area contributed by atoms with Crippen molar-refractivity contribution in [1.29, 1.82) is 0 Å². The summed E-state index contributed by atoms with van der Waals surface area (Å²) in [6.45, 7) is 1.11. The standard InChI is InChI=1S/C18H16ClN5O3S/c1-18(26,9-21-27)12-3-2-4-13(22-12)23-17-14(15(20)25)24-16(28-17)10-5-7-11(19)8-6-10/h2-8,26H,9H2,1H3,(H2,20,25)(H,22,23). The van der Waals surface area contributed by atoms with Gasteiger partial charge in [0.15, 0.2) is 5.69 Å². The summed E-state index contributed by atoms with van der Waals surface area (Å²) in [6.07, 6.45) is 0. The van der Waals surface area contributed by atoms with E-state index in [1.807, 2.05) is 0 Å². The molecule has 1 atom stereocenters. The molecule has 1 unspecified atom stereocenters. The van der Waals surface area contributed by atoms with Gasteiger partial charge in [-0.3, -0.25) is 4.79 Å². The molecule has 3 rings (SSSR count). The Kier molecular flexibility index (Phi) is 5.68. The Labute approximate surface area is 169 Å². The van der Waals surface area contributed by atoms with Crippen LogP contribution in [0.15, 0.2) is 47.6 Å². The number of carbonyl (C=O) groups is 1.